The van der Waals surface area contributed by atoms with Gasteiger partial charge in [-0.05, 0) is 31.5 Å². The van der Waals surface area contributed by atoms with Crippen LogP contribution in [0.4, 0.5) is 10.1 Å². The van der Waals surface area contributed by atoms with Gasteiger partial charge in [0.15, 0.2) is 5.96 Å². The van der Waals surface area contributed by atoms with Crippen molar-refractivity contribution in [3.63, 3.8) is 0 Å². The molecular formula is C20H29FIN5OS. The van der Waals surface area contributed by atoms with Crippen LogP contribution in [0.15, 0.2) is 28.6 Å². The third-order valence-electron chi connectivity index (χ3n) is 4.47. The van der Waals surface area contributed by atoms with Gasteiger partial charge < -0.3 is 20.3 Å². The molecule has 29 heavy (non-hydrogen) atoms. The summed E-state index contributed by atoms with van der Waals surface area (Å²) in [5.74, 6) is 0.526. The second kappa shape index (κ2) is 12.3. The van der Waals surface area contributed by atoms with Crippen LogP contribution >= 0.6 is 35.3 Å². The number of hydrogen-bond donors (Lipinski definition) is 2. The number of morpholine rings is 1. The van der Waals surface area contributed by atoms with Gasteiger partial charge >= 0.3 is 0 Å². The molecule has 0 unspecified atom stereocenters. The topological polar surface area (TPSA) is 61.8 Å². The van der Waals surface area contributed by atoms with Crippen molar-refractivity contribution in [3.05, 3.63) is 45.7 Å². The Labute approximate surface area is 193 Å². The van der Waals surface area contributed by atoms with Crippen LogP contribution in [0.1, 0.15) is 23.2 Å². The first-order valence-corrected chi connectivity index (χ1v) is 10.6. The number of ether oxygens (including phenoxy) is 1. The number of nitrogens with one attached hydrogen (secondary N) is 2. The number of rotatable bonds is 7. The maximum atomic E-state index is 14.5. The van der Waals surface area contributed by atoms with Crippen molar-refractivity contribution in [3.8, 4) is 0 Å². The first kappa shape index (κ1) is 23.8. The second-order valence-electron chi connectivity index (χ2n) is 6.61. The first-order valence-electron chi connectivity index (χ1n) is 9.70. The van der Waals surface area contributed by atoms with Crippen molar-refractivity contribution in [2.75, 3.05) is 44.3 Å². The molecule has 2 N–H and O–H groups in total. The Morgan fingerprint density at radius 1 is 1.31 bits per heavy atom. The Balaban J connectivity index is 0.00000300. The predicted molar refractivity (Wildman–Crippen MR) is 128 cm³/mol. The lowest BCUT2D eigenvalue weighted by atomic mass is 10.1. The van der Waals surface area contributed by atoms with Crippen LogP contribution in [-0.4, -0.2) is 50.3 Å². The van der Waals surface area contributed by atoms with Gasteiger partial charge in [-0.15, -0.1) is 35.3 Å². The smallest absolute Gasteiger partial charge is 0.191 e. The molecule has 0 amide bonds. The lowest BCUT2D eigenvalue weighted by molar-refractivity contribution is 0.122. The summed E-state index contributed by atoms with van der Waals surface area (Å²) in [5, 5.41) is 9.71. The van der Waals surface area contributed by atoms with Crippen molar-refractivity contribution in [1.29, 1.82) is 0 Å². The Kier molecular flexibility index (Phi) is 10.1. The van der Waals surface area contributed by atoms with E-state index in [2.05, 4.69) is 26.0 Å². The molecule has 1 aliphatic rings. The van der Waals surface area contributed by atoms with E-state index < -0.39 is 0 Å². The van der Waals surface area contributed by atoms with Crippen LogP contribution in [-0.2, 0) is 17.7 Å². The fourth-order valence-electron chi connectivity index (χ4n) is 3.05. The zero-order chi connectivity index (χ0) is 19.8. The number of halogens is 2. The third kappa shape index (κ3) is 7.38. The molecule has 6 nitrogen and oxygen atoms in total. The highest BCUT2D eigenvalue weighted by molar-refractivity contribution is 14.0. The van der Waals surface area contributed by atoms with E-state index in [1.165, 1.54) is 0 Å². The van der Waals surface area contributed by atoms with E-state index in [1.54, 1.807) is 17.4 Å². The maximum absolute atomic E-state index is 14.5. The van der Waals surface area contributed by atoms with E-state index in [0.717, 1.165) is 54.8 Å². The number of nitrogens with zero attached hydrogens (tertiary/aromatic N) is 3. The van der Waals surface area contributed by atoms with E-state index in [-0.39, 0.29) is 29.8 Å². The number of thiazole rings is 1. The zero-order valence-electron chi connectivity index (χ0n) is 16.9. The highest BCUT2D eigenvalue weighted by Gasteiger charge is 2.15. The lowest BCUT2D eigenvalue weighted by Gasteiger charge is -2.29. The molecule has 0 saturated carbocycles. The largest absolute Gasteiger partial charge is 0.378 e. The summed E-state index contributed by atoms with van der Waals surface area (Å²) in [6.45, 7) is 8.71. The van der Waals surface area contributed by atoms with E-state index in [0.29, 0.717) is 25.4 Å². The molecule has 0 aliphatic carbocycles. The van der Waals surface area contributed by atoms with Crippen LogP contribution in [0.2, 0.25) is 0 Å². The SMILES string of the molecule is CCNC(=NCc1ccc(N2CCOCC2)c(F)c1)NCCc1csc(C)n1.I. The molecule has 0 radical (unpaired) electrons. The Bertz CT molecular complexity index is 795. The van der Waals surface area contributed by atoms with Crippen molar-refractivity contribution < 1.29 is 9.13 Å². The van der Waals surface area contributed by atoms with Gasteiger partial charge in [0, 0.05) is 38.0 Å². The molecule has 2 aromatic rings. The predicted octanol–water partition coefficient (Wildman–Crippen LogP) is 3.34. The summed E-state index contributed by atoms with van der Waals surface area (Å²) in [5.41, 5.74) is 2.58. The summed E-state index contributed by atoms with van der Waals surface area (Å²) >= 11 is 1.66. The maximum Gasteiger partial charge on any atom is 0.191 e. The lowest BCUT2D eigenvalue weighted by Crippen LogP contribution is -2.38. The molecule has 1 aliphatic heterocycles. The van der Waals surface area contributed by atoms with E-state index >= 15 is 0 Å². The standard InChI is InChI=1S/C20H28FN5OS.HI/c1-3-22-20(23-7-6-17-14-28-15(2)25-17)24-13-16-4-5-19(18(21)12-16)26-8-10-27-11-9-26;/h4-5,12,14H,3,6-11,13H2,1-2H3,(H2,22,23,24);1H. The number of anilines is 1. The fourth-order valence-corrected chi connectivity index (χ4v) is 3.70. The van der Waals surface area contributed by atoms with Gasteiger partial charge in [0.2, 0.25) is 0 Å². The van der Waals surface area contributed by atoms with E-state index in [1.807, 2.05) is 30.9 Å². The molecule has 9 heteroatoms. The number of aryl methyl sites for hydroxylation is 1. The molecule has 160 valence electrons. The fraction of sp³-hybridized carbons (Fsp3) is 0.500. The highest BCUT2D eigenvalue weighted by atomic mass is 127. The van der Waals surface area contributed by atoms with Gasteiger partial charge in [-0.25, -0.2) is 14.4 Å². The van der Waals surface area contributed by atoms with Crippen molar-refractivity contribution >= 4 is 47.0 Å². The summed E-state index contributed by atoms with van der Waals surface area (Å²) in [6, 6.07) is 5.37. The normalized spacial score (nSPS) is 14.4. The monoisotopic (exact) mass is 533 g/mol. The summed E-state index contributed by atoms with van der Waals surface area (Å²) in [7, 11) is 0. The van der Waals surface area contributed by atoms with Gasteiger partial charge in [0.25, 0.3) is 0 Å². The summed E-state index contributed by atoms with van der Waals surface area (Å²) in [6.07, 6.45) is 0.845. The van der Waals surface area contributed by atoms with Crippen LogP contribution in [0.25, 0.3) is 0 Å². The van der Waals surface area contributed by atoms with Gasteiger partial charge in [0.1, 0.15) is 5.82 Å². The molecule has 0 spiro atoms. The van der Waals surface area contributed by atoms with Crippen LogP contribution < -0.4 is 15.5 Å². The average Bonchev–Trinajstić information content (AvgIpc) is 3.12. The van der Waals surface area contributed by atoms with Crippen LogP contribution in [0.5, 0.6) is 0 Å². The molecule has 3 rings (SSSR count). The third-order valence-corrected chi connectivity index (χ3v) is 5.29. The molecule has 1 fully saturated rings. The van der Waals surface area contributed by atoms with Crippen LogP contribution in [0.3, 0.4) is 0 Å². The summed E-state index contributed by atoms with van der Waals surface area (Å²) in [4.78, 5) is 11.1. The Morgan fingerprint density at radius 2 is 2.10 bits per heavy atom. The number of hydrogen-bond acceptors (Lipinski definition) is 5. The van der Waals surface area contributed by atoms with Crippen molar-refractivity contribution in [2.45, 2.75) is 26.8 Å². The molecule has 1 saturated heterocycles. The molecular weight excluding hydrogens is 504 g/mol. The molecule has 1 aromatic carbocycles. The number of benzene rings is 1. The number of guanidine groups is 1. The minimum Gasteiger partial charge on any atom is -0.378 e. The summed E-state index contributed by atoms with van der Waals surface area (Å²) < 4.78 is 19.9. The quantitative estimate of drug-likeness (QED) is 0.325. The van der Waals surface area contributed by atoms with E-state index in [4.69, 9.17) is 4.74 Å². The second-order valence-corrected chi connectivity index (χ2v) is 7.68. The molecule has 2 heterocycles. The van der Waals surface area contributed by atoms with E-state index in [9.17, 15) is 4.39 Å². The number of aliphatic imine (C=N–C) groups is 1. The van der Waals surface area contributed by atoms with Crippen molar-refractivity contribution in [1.82, 2.24) is 15.6 Å². The molecule has 0 atom stereocenters. The Morgan fingerprint density at radius 3 is 2.76 bits per heavy atom. The van der Waals surface area contributed by atoms with Crippen molar-refractivity contribution in [2.24, 2.45) is 4.99 Å². The van der Waals surface area contributed by atoms with Gasteiger partial charge in [-0.3, -0.25) is 0 Å². The minimum atomic E-state index is -0.202. The highest BCUT2D eigenvalue weighted by Crippen LogP contribution is 2.22. The zero-order valence-corrected chi connectivity index (χ0v) is 20.1. The molecule has 1 aromatic heterocycles. The number of aromatic nitrogens is 1. The first-order chi connectivity index (χ1) is 13.7. The van der Waals surface area contributed by atoms with Gasteiger partial charge in [-0.1, -0.05) is 6.07 Å². The minimum absolute atomic E-state index is 0. The Hall–Kier alpha value is -1.46. The van der Waals surface area contributed by atoms with Crippen LogP contribution in [0, 0.1) is 12.7 Å². The van der Waals surface area contributed by atoms with Gasteiger partial charge in [0.05, 0.1) is 36.1 Å². The van der Waals surface area contributed by atoms with Gasteiger partial charge in [-0.2, -0.15) is 0 Å². The molecule has 0 bridgehead atoms. The average molecular weight is 533 g/mol.